The standard InChI is InChI=1S/C32H70N2.2BrH/c1-7-9-11-13-15-17-19-21-25-29-33(3,4)31-27-23-24-28-32-34(5,6)30-26-22-20-18-16-14-12-10-8-2;;/h7-32H2,1-6H3;2*1H/q+2;;/p-2. The summed E-state index contributed by atoms with van der Waals surface area (Å²) in [7, 11) is 9.82. The van der Waals surface area contributed by atoms with Crippen LogP contribution in [0.25, 0.3) is 0 Å². The maximum absolute atomic E-state index is 2.45. The molecule has 0 aliphatic carbocycles. The number of quaternary nitrogens is 2. The van der Waals surface area contributed by atoms with Crippen molar-refractivity contribution in [3.63, 3.8) is 0 Å². The number of unbranched alkanes of at least 4 members (excludes halogenated alkanes) is 19. The lowest BCUT2D eigenvalue weighted by molar-refractivity contribution is -0.891. The van der Waals surface area contributed by atoms with Crippen LogP contribution in [0.3, 0.4) is 0 Å². The molecule has 0 rings (SSSR count). The van der Waals surface area contributed by atoms with Crippen LogP contribution in [-0.4, -0.2) is 63.3 Å². The van der Waals surface area contributed by atoms with Crippen LogP contribution in [0.15, 0.2) is 0 Å². The molecule has 0 saturated heterocycles. The molecule has 0 amide bonds. The molecular formula is C32H70Br2N2. The first-order valence-corrected chi connectivity index (χ1v) is 16.0. The number of halogens is 2. The third-order valence-electron chi connectivity index (χ3n) is 8.01. The third kappa shape index (κ3) is 31.1. The minimum atomic E-state index is 0. The Kier molecular flexibility index (Phi) is 33.2. The van der Waals surface area contributed by atoms with Gasteiger partial charge >= 0.3 is 0 Å². The van der Waals surface area contributed by atoms with Crippen molar-refractivity contribution in [2.45, 2.75) is 155 Å². The molecule has 0 aromatic carbocycles. The van der Waals surface area contributed by atoms with Gasteiger partial charge in [0.25, 0.3) is 0 Å². The van der Waals surface area contributed by atoms with E-state index in [9.17, 15) is 0 Å². The molecule has 0 aliphatic rings. The molecule has 2 nitrogen and oxygen atoms in total. The van der Waals surface area contributed by atoms with Crippen molar-refractivity contribution in [3.05, 3.63) is 0 Å². The van der Waals surface area contributed by atoms with Gasteiger partial charge in [-0.25, -0.2) is 0 Å². The van der Waals surface area contributed by atoms with E-state index in [1.54, 1.807) is 0 Å². The summed E-state index contributed by atoms with van der Waals surface area (Å²) in [4.78, 5) is 0. The summed E-state index contributed by atoms with van der Waals surface area (Å²) in [5, 5.41) is 0. The fourth-order valence-electron chi connectivity index (χ4n) is 5.36. The third-order valence-corrected chi connectivity index (χ3v) is 8.01. The SMILES string of the molecule is CCCCCCCCCCC[N+](C)(C)CCCCCC[N+](C)(C)CCCCCCCCCCC.[Br-].[Br-]. The molecule has 0 heterocycles. The zero-order valence-corrected chi connectivity index (χ0v) is 29.2. The molecular weight excluding hydrogens is 572 g/mol. The van der Waals surface area contributed by atoms with E-state index in [0.717, 1.165) is 0 Å². The van der Waals surface area contributed by atoms with Crippen molar-refractivity contribution in [2.24, 2.45) is 0 Å². The summed E-state index contributed by atoms with van der Waals surface area (Å²) in [5.74, 6) is 0. The first-order chi connectivity index (χ1) is 16.3. The van der Waals surface area contributed by atoms with Crippen molar-refractivity contribution in [2.75, 3.05) is 54.4 Å². The van der Waals surface area contributed by atoms with Crippen LogP contribution in [0.2, 0.25) is 0 Å². The Bertz CT molecular complexity index is 375. The Morgan fingerprint density at radius 1 is 0.278 bits per heavy atom. The van der Waals surface area contributed by atoms with E-state index in [2.05, 4.69) is 42.0 Å². The summed E-state index contributed by atoms with van der Waals surface area (Å²) in [5.41, 5.74) is 0. The minimum absolute atomic E-state index is 0. The van der Waals surface area contributed by atoms with Gasteiger partial charge in [-0.3, -0.25) is 0 Å². The number of hydrogen-bond acceptors (Lipinski definition) is 0. The topological polar surface area (TPSA) is 0 Å². The normalized spacial score (nSPS) is 11.8. The summed E-state index contributed by atoms with van der Waals surface area (Å²) in [6.07, 6.45) is 31.6. The second kappa shape index (κ2) is 28.9. The van der Waals surface area contributed by atoms with Gasteiger partial charge in [-0.05, 0) is 51.4 Å². The summed E-state index contributed by atoms with van der Waals surface area (Å²) in [6, 6.07) is 0. The molecule has 0 unspecified atom stereocenters. The van der Waals surface area contributed by atoms with Gasteiger partial charge in [-0.15, -0.1) is 0 Å². The van der Waals surface area contributed by atoms with Crippen molar-refractivity contribution in [3.8, 4) is 0 Å². The van der Waals surface area contributed by atoms with Gasteiger partial charge in [-0.2, -0.15) is 0 Å². The molecule has 222 valence electrons. The Balaban J connectivity index is -0.00000544. The first-order valence-electron chi connectivity index (χ1n) is 16.0. The first kappa shape index (κ1) is 41.4. The van der Waals surface area contributed by atoms with Gasteiger partial charge in [0, 0.05) is 0 Å². The van der Waals surface area contributed by atoms with Crippen LogP contribution < -0.4 is 34.0 Å². The average molecular weight is 643 g/mol. The van der Waals surface area contributed by atoms with E-state index in [1.807, 2.05) is 0 Å². The van der Waals surface area contributed by atoms with Crippen LogP contribution in [0.4, 0.5) is 0 Å². The quantitative estimate of drug-likeness (QED) is 0.0947. The van der Waals surface area contributed by atoms with Crippen LogP contribution in [0.5, 0.6) is 0 Å². The monoisotopic (exact) mass is 640 g/mol. The highest BCUT2D eigenvalue weighted by atomic mass is 79.9. The fourth-order valence-corrected chi connectivity index (χ4v) is 5.36. The highest BCUT2D eigenvalue weighted by Crippen LogP contribution is 2.14. The molecule has 0 atom stereocenters. The summed E-state index contributed by atoms with van der Waals surface area (Å²) < 4.78 is 2.47. The highest BCUT2D eigenvalue weighted by molar-refractivity contribution is 4.50. The van der Waals surface area contributed by atoms with Gasteiger partial charge < -0.3 is 42.9 Å². The Labute approximate surface area is 251 Å². The molecule has 0 saturated carbocycles. The molecule has 0 aromatic rings. The van der Waals surface area contributed by atoms with E-state index >= 15 is 0 Å². The maximum atomic E-state index is 2.45. The van der Waals surface area contributed by atoms with Crippen molar-refractivity contribution in [1.29, 1.82) is 0 Å². The van der Waals surface area contributed by atoms with E-state index in [0.29, 0.717) is 0 Å². The van der Waals surface area contributed by atoms with Gasteiger partial charge in [0.1, 0.15) is 0 Å². The predicted molar refractivity (Wildman–Crippen MR) is 157 cm³/mol. The molecule has 0 bridgehead atoms. The predicted octanol–water partition coefficient (Wildman–Crippen LogP) is 3.77. The molecule has 36 heavy (non-hydrogen) atoms. The second-order valence-electron chi connectivity index (χ2n) is 12.8. The van der Waals surface area contributed by atoms with Crippen molar-refractivity contribution >= 4 is 0 Å². The van der Waals surface area contributed by atoms with E-state index in [1.165, 1.54) is 176 Å². The lowest BCUT2D eigenvalue weighted by atomic mass is 10.1. The largest absolute Gasteiger partial charge is 1.00 e. The molecule has 0 aliphatic heterocycles. The number of hydrogen-bond donors (Lipinski definition) is 0. The molecule has 4 heteroatoms. The van der Waals surface area contributed by atoms with Gasteiger partial charge in [0.05, 0.1) is 54.4 Å². The Hall–Kier alpha value is 0.880. The van der Waals surface area contributed by atoms with Gasteiger partial charge in [-0.1, -0.05) is 104 Å². The van der Waals surface area contributed by atoms with Crippen molar-refractivity contribution in [1.82, 2.24) is 0 Å². The van der Waals surface area contributed by atoms with E-state index in [4.69, 9.17) is 0 Å². The lowest BCUT2D eigenvalue weighted by Crippen LogP contribution is -3.00. The average Bonchev–Trinajstić information content (AvgIpc) is 2.79. The van der Waals surface area contributed by atoms with Gasteiger partial charge in [0.15, 0.2) is 0 Å². The van der Waals surface area contributed by atoms with Crippen LogP contribution in [0.1, 0.15) is 155 Å². The highest BCUT2D eigenvalue weighted by Gasteiger charge is 2.15. The molecule has 0 radical (unpaired) electrons. The maximum Gasteiger partial charge on any atom is 0.0782 e. The van der Waals surface area contributed by atoms with E-state index in [-0.39, 0.29) is 34.0 Å². The van der Waals surface area contributed by atoms with Crippen LogP contribution >= 0.6 is 0 Å². The van der Waals surface area contributed by atoms with Crippen LogP contribution in [-0.2, 0) is 0 Å². The fraction of sp³-hybridized carbons (Fsp3) is 1.00. The zero-order valence-electron chi connectivity index (χ0n) is 26.0. The molecule has 0 spiro atoms. The van der Waals surface area contributed by atoms with Gasteiger partial charge in [0.2, 0.25) is 0 Å². The summed E-state index contributed by atoms with van der Waals surface area (Å²) in [6.45, 7) is 10.1. The summed E-state index contributed by atoms with van der Waals surface area (Å²) >= 11 is 0. The molecule has 0 aromatic heterocycles. The molecule has 0 fully saturated rings. The van der Waals surface area contributed by atoms with E-state index < -0.39 is 0 Å². The lowest BCUT2D eigenvalue weighted by Gasteiger charge is -2.31. The zero-order chi connectivity index (χ0) is 25.4. The molecule has 0 N–H and O–H groups in total. The minimum Gasteiger partial charge on any atom is -1.00 e. The van der Waals surface area contributed by atoms with Crippen LogP contribution in [0, 0.1) is 0 Å². The smallest absolute Gasteiger partial charge is 0.0782 e. The number of rotatable bonds is 27. The van der Waals surface area contributed by atoms with Crippen molar-refractivity contribution < 1.29 is 42.9 Å². The Morgan fingerprint density at radius 3 is 0.639 bits per heavy atom. The Morgan fingerprint density at radius 2 is 0.444 bits per heavy atom. The second-order valence-corrected chi connectivity index (χ2v) is 12.8. The number of nitrogens with zero attached hydrogens (tertiary/aromatic N) is 2.